The van der Waals surface area contributed by atoms with E-state index in [2.05, 4.69) is 15.3 Å². The number of hydrogen-bond acceptors (Lipinski definition) is 4. The van der Waals surface area contributed by atoms with Crippen LogP contribution in [0.3, 0.4) is 0 Å². The van der Waals surface area contributed by atoms with Crippen molar-refractivity contribution in [3.63, 3.8) is 0 Å². The maximum Gasteiger partial charge on any atom is 0.323 e. The summed E-state index contributed by atoms with van der Waals surface area (Å²) in [6.07, 6.45) is 0.828. The van der Waals surface area contributed by atoms with E-state index in [9.17, 15) is 14.4 Å². The van der Waals surface area contributed by atoms with Crippen molar-refractivity contribution in [1.82, 2.24) is 9.97 Å². The van der Waals surface area contributed by atoms with Crippen molar-refractivity contribution >= 4 is 28.6 Å². The number of nitrogens with one attached hydrogen (secondary N) is 3. The van der Waals surface area contributed by atoms with Gasteiger partial charge in [-0.25, -0.2) is 4.79 Å². The Balaban J connectivity index is 1.66. The maximum atomic E-state index is 12.0. The summed E-state index contributed by atoms with van der Waals surface area (Å²) >= 11 is 0. The van der Waals surface area contributed by atoms with Crippen LogP contribution in [0.25, 0.3) is 11.0 Å². The molecule has 0 aliphatic heterocycles. The number of fused-ring (bicyclic) bond motifs is 1. The van der Waals surface area contributed by atoms with Gasteiger partial charge in [-0.2, -0.15) is 0 Å². The molecule has 1 aromatic carbocycles. The lowest BCUT2D eigenvalue weighted by atomic mass is 10.2. The average molecular weight is 289 g/mol. The van der Waals surface area contributed by atoms with Crippen molar-refractivity contribution in [2.24, 2.45) is 5.92 Å². The van der Waals surface area contributed by atoms with Crippen molar-refractivity contribution in [3.8, 4) is 0 Å². The average Bonchev–Trinajstić information content (AvgIpc) is 3.20. The summed E-state index contributed by atoms with van der Waals surface area (Å²) in [5, 5.41) is 2.66. The molecule has 1 amide bonds. The van der Waals surface area contributed by atoms with Gasteiger partial charge < -0.3 is 20.0 Å². The SMILES string of the molecule is C[C@@H](OC(=O)C1CC1)C(=O)Nc1ccc2[nH]c(=O)[nH]c2c1. The van der Waals surface area contributed by atoms with Crippen LogP contribution in [-0.4, -0.2) is 27.9 Å². The highest BCUT2D eigenvalue weighted by atomic mass is 16.5. The van der Waals surface area contributed by atoms with Gasteiger partial charge in [-0.05, 0) is 38.0 Å². The van der Waals surface area contributed by atoms with Crippen LogP contribution in [0.1, 0.15) is 19.8 Å². The van der Waals surface area contributed by atoms with Gasteiger partial charge in [0.25, 0.3) is 5.91 Å². The number of carbonyl (C=O) groups is 2. The van der Waals surface area contributed by atoms with Crippen molar-refractivity contribution in [2.75, 3.05) is 5.32 Å². The molecule has 1 aromatic heterocycles. The van der Waals surface area contributed by atoms with Gasteiger partial charge in [-0.15, -0.1) is 0 Å². The zero-order valence-electron chi connectivity index (χ0n) is 11.4. The summed E-state index contributed by atoms with van der Waals surface area (Å²) in [5.74, 6) is -0.758. The van der Waals surface area contributed by atoms with Gasteiger partial charge in [-0.3, -0.25) is 9.59 Å². The van der Waals surface area contributed by atoms with Gasteiger partial charge in [0.2, 0.25) is 0 Å². The highest BCUT2D eigenvalue weighted by Crippen LogP contribution is 2.30. The van der Waals surface area contributed by atoms with E-state index in [0.717, 1.165) is 12.8 Å². The van der Waals surface area contributed by atoms with E-state index >= 15 is 0 Å². The Kier molecular flexibility index (Phi) is 3.25. The maximum absolute atomic E-state index is 12.0. The van der Waals surface area contributed by atoms with Gasteiger partial charge >= 0.3 is 11.7 Å². The zero-order chi connectivity index (χ0) is 15.0. The molecule has 0 radical (unpaired) electrons. The second-order valence-electron chi connectivity index (χ2n) is 5.18. The van der Waals surface area contributed by atoms with Crippen LogP contribution in [0, 0.1) is 5.92 Å². The molecule has 7 heteroatoms. The van der Waals surface area contributed by atoms with Crippen LogP contribution in [0.4, 0.5) is 5.69 Å². The predicted octanol–water partition coefficient (Wildman–Crippen LogP) is 1.14. The number of rotatable bonds is 4. The molecule has 0 unspecified atom stereocenters. The fourth-order valence-corrected chi connectivity index (χ4v) is 2.00. The lowest BCUT2D eigenvalue weighted by Crippen LogP contribution is -2.30. The first-order chi connectivity index (χ1) is 10.0. The van der Waals surface area contributed by atoms with E-state index in [1.165, 1.54) is 6.92 Å². The van der Waals surface area contributed by atoms with Gasteiger partial charge in [0, 0.05) is 5.69 Å². The molecule has 1 aliphatic rings. The number of hydrogen-bond donors (Lipinski definition) is 3. The van der Waals surface area contributed by atoms with E-state index in [1.807, 2.05) is 0 Å². The first-order valence-corrected chi connectivity index (χ1v) is 6.76. The first kappa shape index (κ1) is 13.4. The molecule has 1 saturated carbocycles. The number of carbonyl (C=O) groups excluding carboxylic acids is 2. The Labute approximate surface area is 119 Å². The van der Waals surface area contributed by atoms with Gasteiger partial charge in [0.15, 0.2) is 6.10 Å². The Morgan fingerprint density at radius 3 is 2.71 bits per heavy atom. The van der Waals surface area contributed by atoms with Gasteiger partial charge in [0.05, 0.1) is 17.0 Å². The third-order valence-electron chi connectivity index (χ3n) is 3.36. The molecule has 0 spiro atoms. The lowest BCUT2D eigenvalue weighted by molar-refractivity contribution is -0.154. The van der Waals surface area contributed by atoms with E-state index in [-0.39, 0.29) is 17.6 Å². The number of H-pyrrole nitrogens is 2. The molecule has 0 bridgehead atoms. The molecule has 3 rings (SSSR count). The molecule has 1 fully saturated rings. The molecular weight excluding hydrogens is 274 g/mol. The lowest BCUT2D eigenvalue weighted by Gasteiger charge is -2.13. The van der Waals surface area contributed by atoms with E-state index in [4.69, 9.17) is 4.74 Å². The van der Waals surface area contributed by atoms with E-state index in [0.29, 0.717) is 16.7 Å². The molecule has 7 nitrogen and oxygen atoms in total. The van der Waals surface area contributed by atoms with E-state index < -0.39 is 12.0 Å². The van der Waals surface area contributed by atoms with Crippen LogP contribution in [0.5, 0.6) is 0 Å². The van der Waals surface area contributed by atoms with Crippen molar-refractivity contribution in [2.45, 2.75) is 25.9 Å². The summed E-state index contributed by atoms with van der Waals surface area (Å²) in [6, 6.07) is 4.99. The minimum absolute atomic E-state index is 0.0402. The number of benzene rings is 1. The number of anilines is 1. The summed E-state index contributed by atoms with van der Waals surface area (Å²) in [7, 11) is 0. The Morgan fingerprint density at radius 2 is 2.00 bits per heavy atom. The third kappa shape index (κ3) is 2.96. The second-order valence-corrected chi connectivity index (χ2v) is 5.18. The Bertz CT molecular complexity index is 757. The summed E-state index contributed by atoms with van der Waals surface area (Å²) in [5.41, 5.74) is 1.48. The summed E-state index contributed by atoms with van der Waals surface area (Å²) in [4.78, 5) is 39.9. The molecular formula is C14H15N3O4. The summed E-state index contributed by atoms with van der Waals surface area (Å²) < 4.78 is 5.08. The molecule has 1 atom stereocenters. The highest BCUT2D eigenvalue weighted by molar-refractivity contribution is 5.96. The van der Waals surface area contributed by atoms with Crippen LogP contribution < -0.4 is 11.0 Å². The molecule has 0 saturated heterocycles. The van der Waals surface area contributed by atoms with Gasteiger partial charge in [0.1, 0.15) is 0 Å². The fraction of sp³-hybridized carbons (Fsp3) is 0.357. The van der Waals surface area contributed by atoms with Crippen LogP contribution in [0.15, 0.2) is 23.0 Å². The van der Waals surface area contributed by atoms with Crippen LogP contribution in [-0.2, 0) is 14.3 Å². The number of ether oxygens (including phenoxy) is 1. The number of esters is 1. The number of amides is 1. The van der Waals surface area contributed by atoms with Crippen molar-refractivity contribution in [1.29, 1.82) is 0 Å². The highest BCUT2D eigenvalue weighted by Gasteiger charge is 2.33. The Morgan fingerprint density at radius 1 is 1.29 bits per heavy atom. The first-order valence-electron chi connectivity index (χ1n) is 6.76. The number of aromatic amines is 2. The molecule has 1 heterocycles. The smallest absolute Gasteiger partial charge is 0.323 e. The molecule has 110 valence electrons. The largest absolute Gasteiger partial charge is 0.452 e. The molecule has 21 heavy (non-hydrogen) atoms. The minimum atomic E-state index is -0.848. The van der Waals surface area contributed by atoms with Crippen LogP contribution >= 0.6 is 0 Å². The Hall–Kier alpha value is -2.57. The topological polar surface area (TPSA) is 104 Å². The van der Waals surface area contributed by atoms with Crippen molar-refractivity contribution in [3.05, 3.63) is 28.7 Å². The second kappa shape index (κ2) is 5.08. The number of imidazole rings is 1. The van der Waals surface area contributed by atoms with Crippen LogP contribution in [0.2, 0.25) is 0 Å². The standard InChI is InChI=1S/C14H15N3O4/c1-7(21-13(19)8-2-3-8)12(18)15-9-4-5-10-11(6-9)17-14(20)16-10/h4-8H,2-3H2,1H3,(H,15,18)(H2,16,17,20)/t7-/m1/s1. The molecule has 3 N–H and O–H groups in total. The van der Waals surface area contributed by atoms with Gasteiger partial charge in [-0.1, -0.05) is 0 Å². The third-order valence-corrected chi connectivity index (χ3v) is 3.36. The minimum Gasteiger partial charge on any atom is -0.452 e. The normalized spacial score (nSPS) is 15.7. The summed E-state index contributed by atoms with van der Waals surface area (Å²) in [6.45, 7) is 1.53. The fourth-order valence-electron chi connectivity index (χ4n) is 2.00. The quantitative estimate of drug-likeness (QED) is 0.734. The predicted molar refractivity (Wildman–Crippen MR) is 75.8 cm³/mol. The molecule has 2 aromatic rings. The van der Waals surface area contributed by atoms with E-state index in [1.54, 1.807) is 18.2 Å². The van der Waals surface area contributed by atoms with Crippen molar-refractivity contribution < 1.29 is 14.3 Å². The monoisotopic (exact) mass is 289 g/mol. The molecule has 1 aliphatic carbocycles. The number of aromatic nitrogens is 2. The zero-order valence-corrected chi connectivity index (χ0v) is 11.4.